The van der Waals surface area contributed by atoms with E-state index in [1.165, 1.54) is 6.08 Å². The predicted octanol–water partition coefficient (Wildman–Crippen LogP) is 1.05. The van der Waals surface area contributed by atoms with Crippen molar-refractivity contribution in [1.29, 1.82) is 5.26 Å². The molecule has 0 aliphatic carbocycles. The molecule has 1 fully saturated rings. The lowest BCUT2D eigenvalue weighted by molar-refractivity contribution is -0.130. The molecule has 36 heavy (non-hydrogen) atoms. The molecule has 0 radical (unpaired) electrons. The first-order chi connectivity index (χ1) is 17.6. The summed E-state index contributed by atoms with van der Waals surface area (Å²) in [6.07, 6.45) is 5.68. The number of aromatic nitrogens is 1. The second-order valence-corrected chi connectivity index (χ2v) is 8.49. The van der Waals surface area contributed by atoms with Crippen LogP contribution in [0.5, 0.6) is 17.2 Å². The normalized spacial score (nSPS) is 17.6. The molecule has 2 aromatic rings. The van der Waals surface area contributed by atoms with Crippen molar-refractivity contribution in [2.75, 3.05) is 45.9 Å². The predicted molar refractivity (Wildman–Crippen MR) is 136 cm³/mol. The van der Waals surface area contributed by atoms with Crippen LogP contribution in [0.15, 0.2) is 41.6 Å². The van der Waals surface area contributed by atoms with Gasteiger partial charge in [0.15, 0.2) is 5.75 Å². The van der Waals surface area contributed by atoms with Crippen molar-refractivity contribution in [1.82, 2.24) is 25.1 Å². The van der Waals surface area contributed by atoms with Gasteiger partial charge in [0, 0.05) is 63.7 Å². The van der Waals surface area contributed by atoms with Crippen molar-refractivity contribution < 1.29 is 14.3 Å². The minimum atomic E-state index is 0.149. The Balaban J connectivity index is 1.33. The van der Waals surface area contributed by atoms with E-state index in [4.69, 9.17) is 14.7 Å². The molecule has 0 spiro atoms. The molecule has 188 valence electrons. The number of carbonyl (C=O) groups excluding carboxylic acids is 1. The first kappa shape index (κ1) is 25.0. The third kappa shape index (κ3) is 6.31. The average molecular weight is 490 g/mol. The lowest BCUT2D eigenvalue weighted by Crippen LogP contribution is -2.48. The molecular formula is C26H31N7O3. The van der Waals surface area contributed by atoms with Gasteiger partial charge in [-0.05, 0) is 43.7 Å². The summed E-state index contributed by atoms with van der Waals surface area (Å²) in [7, 11) is 0. The standard InChI is InChI=1S/C26H31N7O3/c1-3-32-19-29-30-26(32)21-17-25(24(9-10-27)28-18-21)36-23-7-5-22(6-8-23)35-16-4-11-31-12-14-33(15-13-31)20(2)34/h5-9,17-19,30H,3-4,11-16H2,1-2H3/b24-9-,26-21+. The fourth-order valence-corrected chi connectivity index (χ4v) is 4.08. The number of amides is 1. The Morgan fingerprint density at radius 2 is 1.94 bits per heavy atom. The molecule has 2 aliphatic rings. The van der Waals surface area contributed by atoms with Crippen molar-refractivity contribution in [3.05, 3.63) is 47.1 Å². The highest BCUT2D eigenvalue weighted by molar-refractivity contribution is 5.73. The molecule has 4 rings (SSSR count). The zero-order valence-electron chi connectivity index (χ0n) is 20.7. The molecule has 0 saturated carbocycles. The zero-order valence-corrected chi connectivity index (χ0v) is 20.7. The van der Waals surface area contributed by atoms with E-state index >= 15 is 0 Å². The Morgan fingerprint density at radius 3 is 2.64 bits per heavy atom. The van der Waals surface area contributed by atoms with Gasteiger partial charge in [0.05, 0.1) is 12.7 Å². The lowest BCUT2D eigenvalue weighted by Gasteiger charge is -2.34. The Morgan fingerprint density at radius 1 is 1.19 bits per heavy atom. The largest absolute Gasteiger partial charge is 0.494 e. The fraction of sp³-hybridized carbons (Fsp3) is 0.385. The van der Waals surface area contributed by atoms with Gasteiger partial charge in [-0.15, -0.1) is 0 Å². The second kappa shape index (κ2) is 12.0. The van der Waals surface area contributed by atoms with Gasteiger partial charge in [0.2, 0.25) is 5.91 Å². The number of carbonyl (C=O) groups is 1. The molecule has 3 heterocycles. The van der Waals surface area contributed by atoms with E-state index in [2.05, 4.69) is 20.4 Å². The minimum Gasteiger partial charge on any atom is -0.494 e. The van der Waals surface area contributed by atoms with Gasteiger partial charge in [-0.1, -0.05) is 0 Å². The minimum absolute atomic E-state index is 0.149. The maximum absolute atomic E-state index is 11.4. The Bertz CT molecular complexity index is 1250. The summed E-state index contributed by atoms with van der Waals surface area (Å²) in [5.74, 6) is 2.81. The molecule has 10 heteroatoms. The summed E-state index contributed by atoms with van der Waals surface area (Å²) in [5.41, 5.74) is 2.98. The summed E-state index contributed by atoms with van der Waals surface area (Å²) < 4.78 is 12.0. The van der Waals surface area contributed by atoms with E-state index in [1.54, 1.807) is 19.5 Å². The van der Waals surface area contributed by atoms with Crippen molar-refractivity contribution in [2.45, 2.75) is 20.3 Å². The Kier molecular flexibility index (Phi) is 8.36. The third-order valence-electron chi connectivity index (χ3n) is 6.11. The van der Waals surface area contributed by atoms with Gasteiger partial charge < -0.3 is 19.3 Å². The summed E-state index contributed by atoms with van der Waals surface area (Å²) in [6.45, 7) is 9.38. The number of nitrogens with zero attached hydrogens (tertiary/aromatic N) is 6. The molecule has 1 aromatic carbocycles. The van der Waals surface area contributed by atoms with Crippen LogP contribution in [0.2, 0.25) is 0 Å². The first-order valence-corrected chi connectivity index (χ1v) is 12.1. The SMILES string of the molecule is CCN1C=NN/C1=c1\cn/c(=C\C#N)c(Oc2ccc(OCCCN3CCN(C(C)=O)CC3)cc2)c1. The lowest BCUT2D eigenvalue weighted by atomic mass is 10.3. The van der Waals surface area contributed by atoms with Crippen molar-refractivity contribution in [2.24, 2.45) is 5.10 Å². The monoisotopic (exact) mass is 489 g/mol. The number of benzene rings is 1. The van der Waals surface area contributed by atoms with E-state index in [1.807, 2.05) is 53.1 Å². The third-order valence-corrected chi connectivity index (χ3v) is 6.11. The highest BCUT2D eigenvalue weighted by Gasteiger charge is 2.18. The molecule has 1 saturated heterocycles. The van der Waals surface area contributed by atoms with E-state index in [0.717, 1.165) is 62.5 Å². The number of nitriles is 1. The van der Waals surface area contributed by atoms with Crippen LogP contribution in [0, 0.1) is 11.3 Å². The van der Waals surface area contributed by atoms with Gasteiger partial charge in [0.1, 0.15) is 29.0 Å². The van der Waals surface area contributed by atoms with Crippen LogP contribution in [-0.4, -0.2) is 77.8 Å². The highest BCUT2D eigenvalue weighted by Crippen LogP contribution is 2.21. The van der Waals surface area contributed by atoms with Gasteiger partial charge in [-0.3, -0.25) is 20.1 Å². The molecule has 10 nitrogen and oxygen atoms in total. The van der Waals surface area contributed by atoms with Crippen molar-refractivity contribution in [3.63, 3.8) is 0 Å². The van der Waals surface area contributed by atoms with Crippen LogP contribution >= 0.6 is 0 Å². The maximum Gasteiger partial charge on any atom is 0.219 e. The number of piperazine rings is 1. The maximum atomic E-state index is 11.4. The molecule has 1 N–H and O–H groups in total. The topological polar surface area (TPSA) is 106 Å². The van der Waals surface area contributed by atoms with E-state index in [0.29, 0.717) is 23.5 Å². The molecule has 1 amide bonds. The molecule has 0 unspecified atom stereocenters. The summed E-state index contributed by atoms with van der Waals surface area (Å²) >= 11 is 0. The quantitative estimate of drug-likeness (QED) is 0.549. The molecular weight excluding hydrogens is 458 g/mol. The number of ether oxygens (including phenoxy) is 2. The van der Waals surface area contributed by atoms with E-state index in [-0.39, 0.29) is 5.91 Å². The molecule has 0 bridgehead atoms. The molecule has 0 atom stereocenters. The fourth-order valence-electron chi connectivity index (χ4n) is 4.08. The summed E-state index contributed by atoms with van der Waals surface area (Å²) in [5, 5.41) is 14.5. The number of rotatable bonds is 8. The average Bonchev–Trinajstić information content (AvgIpc) is 3.38. The van der Waals surface area contributed by atoms with Gasteiger partial charge in [-0.2, -0.15) is 10.4 Å². The van der Waals surface area contributed by atoms with Crippen LogP contribution in [0.4, 0.5) is 0 Å². The van der Waals surface area contributed by atoms with Crippen LogP contribution < -0.4 is 25.5 Å². The first-order valence-electron chi connectivity index (χ1n) is 12.1. The highest BCUT2D eigenvalue weighted by atomic mass is 16.5. The Hall–Kier alpha value is -4.10. The molecule has 2 aliphatic heterocycles. The summed E-state index contributed by atoms with van der Waals surface area (Å²) in [6, 6.07) is 11.3. The van der Waals surface area contributed by atoms with Gasteiger partial charge in [0.25, 0.3) is 0 Å². The Labute approximate surface area is 210 Å². The second-order valence-electron chi connectivity index (χ2n) is 8.49. The zero-order chi connectivity index (χ0) is 25.3. The van der Waals surface area contributed by atoms with Crippen molar-refractivity contribution in [3.8, 4) is 23.3 Å². The van der Waals surface area contributed by atoms with Gasteiger partial charge >= 0.3 is 0 Å². The smallest absolute Gasteiger partial charge is 0.219 e. The number of pyridine rings is 1. The van der Waals surface area contributed by atoms with Gasteiger partial charge in [-0.25, -0.2) is 0 Å². The number of hydrogen-bond donors (Lipinski definition) is 1. The summed E-state index contributed by atoms with van der Waals surface area (Å²) in [4.78, 5) is 22.1. The van der Waals surface area contributed by atoms with Crippen LogP contribution in [0.1, 0.15) is 20.3 Å². The number of hydrogen-bond acceptors (Lipinski definition) is 9. The van der Waals surface area contributed by atoms with Crippen LogP contribution in [0.3, 0.4) is 0 Å². The number of nitrogens with one attached hydrogen (secondary N) is 1. The number of hydrazone groups is 1. The van der Waals surface area contributed by atoms with Crippen LogP contribution in [0.25, 0.3) is 11.9 Å². The van der Waals surface area contributed by atoms with E-state index in [9.17, 15) is 4.79 Å². The molecule has 1 aromatic heterocycles. The van der Waals surface area contributed by atoms with Crippen LogP contribution in [-0.2, 0) is 4.79 Å². The van der Waals surface area contributed by atoms with Crippen molar-refractivity contribution >= 4 is 24.1 Å². The van der Waals surface area contributed by atoms with E-state index < -0.39 is 0 Å².